The monoisotopic (exact) mass is 177 g/mol. The standard InChI is InChI=1S/C8H13F2NO/c9-7(10)6-3-11-4-8(6)1-2-12-5-8/h6-7,11H,1-5H2. The number of nitrogens with one attached hydrogen (secondary N) is 1. The molecule has 0 saturated carbocycles. The number of hydrogen-bond acceptors (Lipinski definition) is 2. The van der Waals surface area contributed by atoms with E-state index in [2.05, 4.69) is 5.32 Å². The van der Waals surface area contributed by atoms with Crippen molar-refractivity contribution < 1.29 is 13.5 Å². The summed E-state index contributed by atoms with van der Waals surface area (Å²) >= 11 is 0. The highest BCUT2D eigenvalue weighted by Crippen LogP contribution is 2.42. The van der Waals surface area contributed by atoms with Crippen molar-refractivity contribution in [3.63, 3.8) is 0 Å². The van der Waals surface area contributed by atoms with E-state index in [1.807, 2.05) is 0 Å². The van der Waals surface area contributed by atoms with Crippen molar-refractivity contribution in [1.82, 2.24) is 5.32 Å². The van der Waals surface area contributed by atoms with Gasteiger partial charge in [-0.3, -0.25) is 0 Å². The second-order valence-corrected chi connectivity index (χ2v) is 3.74. The molecule has 2 saturated heterocycles. The van der Waals surface area contributed by atoms with Gasteiger partial charge in [-0.2, -0.15) is 0 Å². The van der Waals surface area contributed by atoms with Crippen molar-refractivity contribution in [1.29, 1.82) is 0 Å². The first-order valence-corrected chi connectivity index (χ1v) is 4.31. The fourth-order valence-electron chi connectivity index (χ4n) is 2.24. The second-order valence-electron chi connectivity index (χ2n) is 3.74. The Balaban J connectivity index is 2.12. The van der Waals surface area contributed by atoms with Crippen LogP contribution in [0.5, 0.6) is 0 Å². The fourth-order valence-corrected chi connectivity index (χ4v) is 2.24. The zero-order valence-corrected chi connectivity index (χ0v) is 6.85. The summed E-state index contributed by atoms with van der Waals surface area (Å²) in [4.78, 5) is 0. The molecule has 0 bridgehead atoms. The maximum Gasteiger partial charge on any atom is 0.243 e. The van der Waals surface area contributed by atoms with Gasteiger partial charge in [0.1, 0.15) is 0 Å². The van der Waals surface area contributed by atoms with Crippen LogP contribution in [-0.2, 0) is 4.74 Å². The van der Waals surface area contributed by atoms with E-state index in [0.29, 0.717) is 26.3 Å². The van der Waals surface area contributed by atoms with Crippen molar-refractivity contribution >= 4 is 0 Å². The molecular weight excluding hydrogens is 164 g/mol. The van der Waals surface area contributed by atoms with Gasteiger partial charge in [0.2, 0.25) is 6.43 Å². The number of ether oxygens (including phenoxy) is 1. The molecule has 0 aromatic carbocycles. The molecule has 4 heteroatoms. The van der Waals surface area contributed by atoms with Crippen LogP contribution in [-0.4, -0.2) is 32.7 Å². The van der Waals surface area contributed by atoms with Crippen LogP contribution in [0, 0.1) is 11.3 Å². The Kier molecular flexibility index (Phi) is 2.04. The van der Waals surface area contributed by atoms with Crippen LogP contribution < -0.4 is 5.32 Å². The molecule has 2 aliphatic heterocycles. The molecule has 2 aliphatic rings. The maximum absolute atomic E-state index is 12.5. The van der Waals surface area contributed by atoms with Gasteiger partial charge < -0.3 is 10.1 Å². The third kappa shape index (κ3) is 1.13. The molecule has 0 aromatic rings. The molecule has 2 atom stereocenters. The molecule has 70 valence electrons. The lowest BCUT2D eigenvalue weighted by atomic mass is 9.78. The van der Waals surface area contributed by atoms with Crippen LogP contribution in [0.3, 0.4) is 0 Å². The Morgan fingerprint density at radius 3 is 2.92 bits per heavy atom. The molecule has 0 aromatic heterocycles. The van der Waals surface area contributed by atoms with E-state index in [4.69, 9.17) is 4.74 Å². The van der Waals surface area contributed by atoms with Crippen LogP contribution in [0.2, 0.25) is 0 Å². The van der Waals surface area contributed by atoms with E-state index in [1.165, 1.54) is 0 Å². The van der Waals surface area contributed by atoms with E-state index in [0.717, 1.165) is 6.42 Å². The Hall–Kier alpha value is -0.220. The molecule has 12 heavy (non-hydrogen) atoms. The molecular formula is C8H13F2NO. The van der Waals surface area contributed by atoms with E-state index < -0.39 is 12.3 Å². The van der Waals surface area contributed by atoms with Gasteiger partial charge in [0.05, 0.1) is 6.61 Å². The van der Waals surface area contributed by atoms with Gasteiger partial charge in [0.25, 0.3) is 0 Å². The van der Waals surface area contributed by atoms with Gasteiger partial charge in [-0.1, -0.05) is 0 Å². The average molecular weight is 177 g/mol. The lowest BCUT2D eigenvalue weighted by Gasteiger charge is -2.27. The van der Waals surface area contributed by atoms with Gasteiger partial charge >= 0.3 is 0 Å². The Morgan fingerprint density at radius 2 is 2.33 bits per heavy atom. The molecule has 2 unspecified atom stereocenters. The number of rotatable bonds is 1. The van der Waals surface area contributed by atoms with E-state index in [-0.39, 0.29) is 5.41 Å². The minimum atomic E-state index is -2.21. The summed E-state index contributed by atoms with van der Waals surface area (Å²) in [5.41, 5.74) is -0.256. The zero-order valence-electron chi connectivity index (χ0n) is 6.85. The highest BCUT2D eigenvalue weighted by molar-refractivity contribution is 4.98. The second kappa shape index (κ2) is 2.92. The molecule has 1 N–H and O–H groups in total. The Labute approximate surface area is 70.3 Å². The molecule has 2 rings (SSSR count). The summed E-state index contributed by atoms with van der Waals surface area (Å²) in [7, 11) is 0. The molecule has 2 nitrogen and oxygen atoms in total. The Bertz CT molecular complexity index is 163. The zero-order chi connectivity index (χ0) is 8.60. The topological polar surface area (TPSA) is 21.3 Å². The molecule has 1 spiro atoms. The Morgan fingerprint density at radius 1 is 1.50 bits per heavy atom. The first-order valence-electron chi connectivity index (χ1n) is 4.31. The van der Waals surface area contributed by atoms with Crippen LogP contribution in [0.4, 0.5) is 8.78 Å². The molecule has 2 heterocycles. The van der Waals surface area contributed by atoms with E-state index >= 15 is 0 Å². The number of hydrogen-bond donors (Lipinski definition) is 1. The van der Waals surface area contributed by atoms with Gasteiger partial charge in [-0.05, 0) is 6.42 Å². The molecule has 2 fully saturated rings. The predicted molar refractivity (Wildman–Crippen MR) is 40.2 cm³/mol. The third-order valence-electron chi connectivity index (χ3n) is 3.07. The van der Waals surface area contributed by atoms with E-state index in [1.54, 1.807) is 0 Å². The number of alkyl halides is 2. The quantitative estimate of drug-likeness (QED) is 0.642. The first kappa shape index (κ1) is 8.38. The summed E-state index contributed by atoms with van der Waals surface area (Å²) in [5, 5.41) is 3.03. The van der Waals surface area contributed by atoms with Crippen molar-refractivity contribution in [2.24, 2.45) is 11.3 Å². The van der Waals surface area contributed by atoms with Gasteiger partial charge in [0.15, 0.2) is 0 Å². The van der Waals surface area contributed by atoms with Gasteiger partial charge in [-0.15, -0.1) is 0 Å². The number of halogens is 2. The highest BCUT2D eigenvalue weighted by atomic mass is 19.3. The van der Waals surface area contributed by atoms with Crippen LogP contribution in [0.25, 0.3) is 0 Å². The lowest BCUT2D eigenvalue weighted by molar-refractivity contribution is 0.0161. The maximum atomic E-state index is 12.5. The lowest BCUT2D eigenvalue weighted by Crippen LogP contribution is -2.34. The van der Waals surface area contributed by atoms with Crippen molar-refractivity contribution in [2.45, 2.75) is 12.8 Å². The summed E-state index contributed by atoms with van der Waals surface area (Å²) in [6.45, 7) is 2.29. The van der Waals surface area contributed by atoms with Crippen molar-refractivity contribution in [3.8, 4) is 0 Å². The minimum absolute atomic E-state index is 0.256. The summed E-state index contributed by atoms with van der Waals surface area (Å²) in [6.07, 6.45) is -1.42. The fraction of sp³-hybridized carbons (Fsp3) is 1.00. The predicted octanol–water partition coefficient (Wildman–Crippen LogP) is 0.878. The highest BCUT2D eigenvalue weighted by Gasteiger charge is 2.49. The van der Waals surface area contributed by atoms with Gasteiger partial charge in [-0.25, -0.2) is 8.78 Å². The van der Waals surface area contributed by atoms with Crippen molar-refractivity contribution in [2.75, 3.05) is 26.3 Å². The minimum Gasteiger partial charge on any atom is -0.381 e. The first-order chi connectivity index (χ1) is 5.75. The van der Waals surface area contributed by atoms with Gasteiger partial charge in [0, 0.05) is 31.0 Å². The summed E-state index contributed by atoms with van der Waals surface area (Å²) in [5.74, 6) is -0.500. The van der Waals surface area contributed by atoms with Crippen LogP contribution >= 0.6 is 0 Å². The smallest absolute Gasteiger partial charge is 0.243 e. The SMILES string of the molecule is FC(F)C1CNCC12CCOC2. The normalized spacial score (nSPS) is 41.8. The summed E-state index contributed by atoms with van der Waals surface area (Å²) < 4.78 is 30.3. The average Bonchev–Trinajstić information content (AvgIpc) is 2.61. The molecule has 0 aliphatic carbocycles. The van der Waals surface area contributed by atoms with Crippen LogP contribution in [0.15, 0.2) is 0 Å². The van der Waals surface area contributed by atoms with Crippen molar-refractivity contribution in [3.05, 3.63) is 0 Å². The summed E-state index contributed by atoms with van der Waals surface area (Å²) in [6, 6.07) is 0. The van der Waals surface area contributed by atoms with E-state index in [9.17, 15) is 8.78 Å². The largest absolute Gasteiger partial charge is 0.381 e. The molecule has 0 radical (unpaired) electrons. The molecule has 0 amide bonds. The van der Waals surface area contributed by atoms with Crippen LogP contribution in [0.1, 0.15) is 6.42 Å². The third-order valence-corrected chi connectivity index (χ3v) is 3.07.